The second kappa shape index (κ2) is 9.58. The Morgan fingerprint density at radius 1 is 1.06 bits per heavy atom. The summed E-state index contributed by atoms with van der Waals surface area (Å²) in [5.74, 6) is 1.22. The van der Waals surface area contributed by atoms with Crippen LogP contribution in [0.15, 0.2) is 30.3 Å². The first kappa shape index (κ1) is 21.5. The first-order valence-electron chi connectivity index (χ1n) is 11.4. The topological polar surface area (TPSA) is 75.2 Å². The zero-order chi connectivity index (χ0) is 21.8. The summed E-state index contributed by atoms with van der Waals surface area (Å²) in [5.41, 5.74) is 3.87. The highest BCUT2D eigenvalue weighted by Crippen LogP contribution is 2.27. The molecule has 2 aromatic rings. The summed E-state index contributed by atoms with van der Waals surface area (Å²) in [4.78, 5) is 36.5. The normalized spacial score (nSPS) is 18.6. The molecular formula is C25H32N4O2. The predicted molar refractivity (Wildman–Crippen MR) is 120 cm³/mol. The van der Waals surface area contributed by atoms with Crippen molar-refractivity contribution in [1.29, 1.82) is 0 Å². The van der Waals surface area contributed by atoms with Crippen LogP contribution in [0.1, 0.15) is 66.4 Å². The summed E-state index contributed by atoms with van der Waals surface area (Å²) in [6, 6.07) is 10.5. The fourth-order valence-electron chi connectivity index (χ4n) is 4.34. The molecule has 4 rings (SSSR count). The molecule has 0 unspecified atom stereocenters. The molecule has 31 heavy (non-hydrogen) atoms. The summed E-state index contributed by atoms with van der Waals surface area (Å²) >= 11 is 0. The van der Waals surface area contributed by atoms with Crippen molar-refractivity contribution < 1.29 is 9.59 Å². The summed E-state index contributed by atoms with van der Waals surface area (Å²) in [6.45, 7) is 5.41. The monoisotopic (exact) mass is 420 g/mol. The van der Waals surface area contributed by atoms with E-state index in [4.69, 9.17) is 9.97 Å². The highest BCUT2D eigenvalue weighted by Gasteiger charge is 2.28. The van der Waals surface area contributed by atoms with Crippen molar-refractivity contribution in [3.8, 4) is 0 Å². The van der Waals surface area contributed by atoms with Crippen LogP contribution < -0.4 is 5.32 Å². The number of benzene rings is 1. The van der Waals surface area contributed by atoms with Crippen LogP contribution in [-0.4, -0.2) is 45.8 Å². The first-order valence-corrected chi connectivity index (χ1v) is 11.4. The number of nitrogens with zero attached hydrogens (tertiary/aromatic N) is 3. The van der Waals surface area contributed by atoms with Crippen molar-refractivity contribution in [2.45, 2.75) is 70.8 Å². The van der Waals surface area contributed by atoms with E-state index in [9.17, 15) is 9.59 Å². The molecule has 1 aliphatic carbocycles. The zero-order valence-corrected chi connectivity index (χ0v) is 18.6. The number of carbonyl (C=O) groups excluding carboxylic acids is 2. The van der Waals surface area contributed by atoms with Gasteiger partial charge in [0.15, 0.2) is 0 Å². The average Bonchev–Trinajstić information content (AvgIpc) is 3.59. The molecule has 0 radical (unpaired) electrons. The molecule has 1 aromatic heterocycles. The number of likely N-dealkylation sites (tertiary alicyclic amines) is 1. The van der Waals surface area contributed by atoms with Crippen molar-refractivity contribution in [2.75, 3.05) is 13.1 Å². The molecule has 0 spiro atoms. The number of nitrogens with one attached hydrogen (secondary N) is 1. The Balaban J connectivity index is 1.38. The highest BCUT2D eigenvalue weighted by atomic mass is 16.2. The van der Waals surface area contributed by atoms with Gasteiger partial charge in [0.05, 0.1) is 6.42 Å². The minimum Gasteiger partial charge on any atom is -0.353 e. The fourth-order valence-corrected chi connectivity index (χ4v) is 4.34. The second-order valence-electron chi connectivity index (χ2n) is 8.91. The van der Waals surface area contributed by atoms with Gasteiger partial charge in [-0.05, 0) is 51.5 Å². The Morgan fingerprint density at radius 2 is 1.77 bits per heavy atom. The summed E-state index contributed by atoms with van der Waals surface area (Å²) < 4.78 is 0. The van der Waals surface area contributed by atoms with Gasteiger partial charge in [0.2, 0.25) is 11.8 Å². The third-order valence-electron chi connectivity index (χ3n) is 6.33. The minimum absolute atomic E-state index is 0.0536. The third-order valence-corrected chi connectivity index (χ3v) is 6.33. The van der Waals surface area contributed by atoms with E-state index in [1.54, 1.807) is 0 Å². The van der Waals surface area contributed by atoms with Crippen LogP contribution in [0.4, 0.5) is 0 Å². The van der Waals surface area contributed by atoms with Gasteiger partial charge in [-0.3, -0.25) is 9.59 Å². The molecule has 1 aliphatic heterocycles. The maximum atomic E-state index is 12.8. The molecule has 1 N–H and O–H groups in total. The lowest BCUT2D eigenvalue weighted by Crippen LogP contribution is -2.39. The summed E-state index contributed by atoms with van der Waals surface area (Å²) in [5, 5.41) is 3.04. The Kier molecular flexibility index (Phi) is 6.64. The van der Waals surface area contributed by atoms with Crippen molar-refractivity contribution in [2.24, 2.45) is 0 Å². The maximum absolute atomic E-state index is 12.8. The van der Waals surface area contributed by atoms with Crippen molar-refractivity contribution in [3.05, 3.63) is 58.7 Å². The summed E-state index contributed by atoms with van der Waals surface area (Å²) in [6.07, 6.45) is 5.77. The molecule has 164 valence electrons. The van der Waals surface area contributed by atoms with Crippen LogP contribution in [0.25, 0.3) is 0 Å². The van der Waals surface area contributed by atoms with Crippen LogP contribution in [0, 0.1) is 13.8 Å². The molecule has 0 bridgehead atoms. The Labute approximate surface area is 184 Å². The van der Waals surface area contributed by atoms with Crippen LogP contribution in [-0.2, 0) is 22.4 Å². The number of hydrogen-bond acceptors (Lipinski definition) is 4. The Hall–Kier alpha value is -2.76. The van der Waals surface area contributed by atoms with Gasteiger partial charge in [-0.15, -0.1) is 0 Å². The quantitative estimate of drug-likeness (QED) is 0.746. The van der Waals surface area contributed by atoms with E-state index < -0.39 is 0 Å². The van der Waals surface area contributed by atoms with Crippen LogP contribution in [0.2, 0.25) is 0 Å². The van der Waals surface area contributed by atoms with Crippen molar-refractivity contribution in [3.63, 3.8) is 0 Å². The lowest BCUT2D eigenvalue weighted by Gasteiger charge is -2.32. The lowest BCUT2D eigenvalue weighted by molar-refractivity contribution is -0.132. The number of aryl methyl sites for hydroxylation is 3. The number of piperidine rings is 1. The van der Waals surface area contributed by atoms with Gasteiger partial charge in [-0.2, -0.15) is 0 Å². The number of hydrogen-bond donors (Lipinski definition) is 1. The Bertz CT molecular complexity index is 917. The molecule has 2 aliphatic rings. The van der Waals surface area contributed by atoms with E-state index in [0.29, 0.717) is 25.4 Å². The highest BCUT2D eigenvalue weighted by molar-refractivity contribution is 5.79. The predicted octanol–water partition coefficient (Wildman–Crippen LogP) is 3.25. The van der Waals surface area contributed by atoms with E-state index in [2.05, 4.69) is 17.4 Å². The number of amides is 2. The average molecular weight is 421 g/mol. The van der Waals surface area contributed by atoms with Gasteiger partial charge in [0, 0.05) is 48.4 Å². The standard InChI is InChI=1S/C25H32N4O2/c1-17-22(15-23(30)28-21-11-12-21)18(2)27-25(26-17)20-9-6-14-29(16-20)24(31)13-10-19-7-4-3-5-8-19/h3-5,7-8,20-21H,6,9-16H2,1-2H3,(H,28,30)/t20-/m1/s1. The second-order valence-corrected chi connectivity index (χ2v) is 8.91. The first-order chi connectivity index (χ1) is 15.0. The van der Waals surface area contributed by atoms with Gasteiger partial charge < -0.3 is 10.2 Å². The number of aromatic nitrogens is 2. The van der Waals surface area contributed by atoms with Gasteiger partial charge in [0.1, 0.15) is 5.82 Å². The van der Waals surface area contributed by atoms with E-state index in [-0.39, 0.29) is 17.7 Å². The molecule has 1 saturated carbocycles. The SMILES string of the molecule is Cc1nc([C@@H]2CCCN(C(=O)CCc3ccccc3)C2)nc(C)c1CC(=O)NC1CC1. The van der Waals surface area contributed by atoms with Gasteiger partial charge >= 0.3 is 0 Å². The largest absolute Gasteiger partial charge is 0.353 e. The fraction of sp³-hybridized carbons (Fsp3) is 0.520. The molecule has 2 fully saturated rings. The van der Waals surface area contributed by atoms with Gasteiger partial charge in [-0.25, -0.2) is 9.97 Å². The molecule has 2 heterocycles. The van der Waals surface area contributed by atoms with Crippen molar-refractivity contribution in [1.82, 2.24) is 20.2 Å². The van der Waals surface area contributed by atoms with E-state index in [1.165, 1.54) is 5.56 Å². The van der Waals surface area contributed by atoms with E-state index >= 15 is 0 Å². The van der Waals surface area contributed by atoms with Crippen LogP contribution in [0.5, 0.6) is 0 Å². The summed E-state index contributed by atoms with van der Waals surface area (Å²) in [7, 11) is 0. The number of rotatable bonds is 7. The zero-order valence-electron chi connectivity index (χ0n) is 18.6. The molecule has 1 saturated heterocycles. The van der Waals surface area contributed by atoms with E-state index in [1.807, 2.05) is 36.9 Å². The minimum atomic E-state index is 0.0536. The van der Waals surface area contributed by atoms with Crippen LogP contribution >= 0.6 is 0 Å². The van der Waals surface area contributed by atoms with Gasteiger partial charge in [0.25, 0.3) is 0 Å². The molecule has 2 amide bonds. The molecular weight excluding hydrogens is 388 g/mol. The molecule has 1 aromatic carbocycles. The third kappa shape index (κ3) is 5.69. The number of carbonyl (C=O) groups is 2. The van der Waals surface area contributed by atoms with Crippen molar-refractivity contribution >= 4 is 11.8 Å². The molecule has 6 nitrogen and oxygen atoms in total. The molecule has 1 atom stereocenters. The van der Waals surface area contributed by atoms with Gasteiger partial charge in [-0.1, -0.05) is 30.3 Å². The maximum Gasteiger partial charge on any atom is 0.224 e. The van der Waals surface area contributed by atoms with Crippen LogP contribution in [0.3, 0.4) is 0 Å². The molecule has 6 heteroatoms. The Morgan fingerprint density at radius 3 is 2.45 bits per heavy atom. The smallest absolute Gasteiger partial charge is 0.224 e. The van der Waals surface area contributed by atoms with E-state index in [0.717, 1.165) is 61.4 Å². The lowest BCUT2D eigenvalue weighted by atomic mass is 9.95.